The molecule has 6 heteroatoms. The lowest BCUT2D eigenvalue weighted by Crippen LogP contribution is -2.44. The van der Waals surface area contributed by atoms with Gasteiger partial charge in [-0.2, -0.15) is 5.10 Å². The molecule has 1 aromatic heterocycles. The highest BCUT2D eigenvalue weighted by Gasteiger charge is 2.25. The number of rotatable bonds is 4. The van der Waals surface area contributed by atoms with Gasteiger partial charge in [-0.3, -0.25) is 4.68 Å². The number of amides is 2. The van der Waals surface area contributed by atoms with Crippen molar-refractivity contribution in [1.29, 1.82) is 0 Å². The van der Waals surface area contributed by atoms with E-state index in [-0.39, 0.29) is 12.1 Å². The first-order chi connectivity index (χ1) is 11.6. The number of hydrogen-bond acceptors (Lipinski definition) is 3. The van der Waals surface area contributed by atoms with Crippen molar-refractivity contribution >= 4 is 11.7 Å². The fourth-order valence-corrected chi connectivity index (χ4v) is 2.81. The van der Waals surface area contributed by atoms with Crippen LogP contribution in [0.5, 0.6) is 0 Å². The Hall–Kier alpha value is -2.34. The first-order valence-electron chi connectivity index (χ1n) is 8.37. The summed E-state index contributed by atoms with van der Waals surface area (Å²) in [5.41, 5.74) is 1.82. The maximum Gasteiger partial charge on any atom is 0.322 e. The predicted octanol–water partition coefficient (Wildman–Crippen LogP) is 3.14. The van der Waals surface area contributed by atoms with E-state index in [1.165, 1.54) is 0 Å². The summed E-state index contributed by atoms with van der Waals surface area (Å²) in [4.78, 5) is 14.3. The second-order valence-corrected chi connectivity index (χ2v) is 6.49. The maximum atomic E-state index is 12.5. The third-order valence-electron chi connectivity index (χ3n) is 3.96. The number of urea groups is 1. The molecule has 2 heterocycles. The molecule has 1 fully saturated rings. The molecule has 0 aliphatic carbocycles. The average molecular weight is 328 g/mol. The van der Waals surface area contributed by atoms with Crippen LogP contribution in [-0.2, 0) is 11.3 Å². The molecular weight excluding hydrogens is 304 g/mol. The van der Waals surface area contributed by atoms with Gasteiger partial charge in [0.15, 0.2) is 0 Å². The molecule has 1 aliphatic heterocycles. The summed E-state index contributed by atoms with van der Waals surface area (Å²) in [5.74, 6) is 0.513. The molecule has 1 N–H and O–H groups in total. The molecule has 1 atom stereocenters. The van der Waals surface area contributed by atoms with E-state index in [9.17, 15) is 4.79 Å². The van der Waals surface area contributed by atoms with Crippen molar-refractivity contribution < 1.29 is 9.53 Å². The zero-order valence-corrected chi connectivity index (χ0v) is 14.2. The van der Waals surface area contributed by atoms with E-state index in [2.05, 4.69) is 24.3 Å². The number of hydrogen-bond donors (Lipinski definition) is 1. The Morgan fingerprint density at radius 1 is 1.38 bits per heavy atom. The number of carbonyl (C=O) groups excluding carboxylic acids is 1. The lowest BCUT2D eigenvalue weighted by Gasteiger charge is -2.33. The summed E-state index contributed by atoms with van der Waals surface area (Å²) in [6.07, 6.45) is 3.48. The Morgan fingerprint density at radius 3 is 2.92 bits per heavy atom. The largest absolute Gasteiger partial charge is 0.370 e. The maximum absolute atomic E-state index is 12.5. The van der Waals surface area contributed by atoms with Crippen LogP contribution in [0.25, 0.3) is 0 Å². The van der Waals surface area contributed by atoms with Gasteiger partial charge in [0.25, 0.3) is 0 Å². The van der Waals surface area contributed by atoms with Gasteiger partial charge in [-0.25, -0.2) is 4.79 Å². The Labute approximate surface area is 142 Å². The average Bonchev–Trinajstić information content (AvgIpc) is 3.02. The molecule has 6 nitrogen and oxygen atoms in total. The lowest BCUT2D eigenvalue weighted by molar-refractivity contribution is -0.0135. The van der Waals surface area contributed by atoms with Crippen molar-refractivity contribution in [1.82, 2.24) is 14.7 Å². The van der Waals surface area contributed by atoms with E-state index in [0.717, 1.165) is 17.8 Å². The quantitative estimate of drug-likeness (QED) is 0.938. The number of anilines is 1. The lowest BCUT2D eigenvalue weighted by atomic mass is 10.1. The van der Waals surface area contributed by atoms with Gasteiger partial charge in [0.05, 0.1) is 25.0 Å². The molecule has 24 heavy (non-hydrogen) atoms. The van der Waals surface area contributed by atoms with Crippen LogP contribution in [0.2, 0.25) is 0 Å². The van der Waals surface area contributed by atoms with Gasteiger partial charge in [0, 0.05) is 19.3 Å². The molecule has 2 aromatic rings. The van der Waals surface area contributed by atoms with E-state index in [0.29, 0.717) is 25.6 Å². The first-order valence-corrected chi connectivity index (χ1v) is 8.37. The minimum atomic E-state index is -0.108. The fourth-order valence-electron chi connectivity index (χ4n) is 2.81. The highest BCUT2D eigenvalue weighted by atomic mass is 16.5. The molecule has 0 unspecified atom stereocenters. The highest BCUT2D eigenvalue weighted by molar-refractivity contribution is 5.89. The van der Waals surface area contributed by atoms with Crippen molar-refractivity contribution in [2.75, 3.05) is 25.0 Å². The molecule has 0 bridgehead atoms. The smallest absolute Gasteiger partial charge is 0.322 e. The zero-order chi connectivity index (χ0) is 16.9. The molecule has 128 valence electrons. The molecule has 0 spiro atoms. The minimum Gasteiger partial charge on any atom is -0.370 e. The molecule has 1 saturated heterocycles. The minimum absolute atomic E-state index is 0.0747. The van der Waals surface area contributed by atoms with E-state index < -0.39 is 0 Å². The summed E-state index contributed by atoms with van der Waals surface area (Å²) < 4.78 is 7.66. The normalized spacial score (nSPS) is 18.0. The number of ether oxygens (including phenoxy) is 1. The second kappa shape index (κ2) is 7.49. The number of carbonyl (C=O) groups is 1. The fraction of sp³-hybridized carbons (Fsp3) is 0.444. The summed E-state index contributed by atoms with van der Waals surface area (Å²) in [6.45, 7) is 6.79. The molecule has 0 saturated carbocycles. The number of benzene rings is 1. The molecule has 1 aromatic carbocycles. The van der Waals surface area contributed by atoms with Crippen LogP contribution >= 0.6 is 0 Å². The van der Waals surface area contributed by atoms with Crippen molar-refractivity contribution in [3.05, 3.63) is 48.3 Å². The van der Waals surface area contributed by atoms with Gasteiger partial charge in [-0.05, 0) is 11.5 Å². The van der Waals surface area contributed by atoms with Gasteiger partial charge < -0.3 is 15.0 Å². The first kappa shape index (κ1) is 16.5. The van der Waals surface area contributed by atoms with Crippen LogP contribution in [0.3, 0.4) is 0 Å². The second-order valence-electron chi connectivity index (χ2n) is 6.49. The molecule has 1 aliphatic rings. The highest BCUT2D eigenvalue weighted by Crippen LogP contribution is 2.22. The van der Waals surface area contributed by atoms with Crippen LogP contribution < -0.4 is 5.32 Å². The SMILES string of the molecule is CC(C)Cn1cc(NC(=O)N2CCO[C@@H](c3ccccc3)C2)cn1. The number of aromatic nitrogens is 2. The monoisotopic (exact) mass is 328 g/mol. The Kier molecular flexibility index (Phi) is 5.15. The summed E-state index contributed by atoms with van der Waals surface area (Å²) in [7, 11) is 0. The Bertz CT molecular complexity index is 669. The van der Waals surface area contributed by atoms with E-state index in [4.69, 9.17) is 4.74 Å². The number of nitrogens with one attached hydrogen (secondary N) is 1. The van der Waals surface area contributed by atoms with Gasteiger partial charge in [0.1, 0.15) is 6.10 Å². The topological polar surface area (TPSA) is 59.4 Å². The van der Waals surface area contributed by atoms with Gasteiger partial charge in [0.2, 0.25) is 0 Å². The van der Waals surface area contributed by atoms with E-state index in [1.807, 2.05) is 41.2 Å². The standard InChI is InChI=1S/C18H24N4O2/c1-14(2)11-22-12-16(10-19-22)20-18(23)21-8-9-24-17(13-21)15-6-4-3-5-7-15/h3-7,10,12,14,17H,8-9,11,13H2,1-2H3,(H,20,23)/t17-/m1/s1. The van der Waals surface area contributed by atoms with Crippen molar-refractivity contribution in [3.63, 3.8) is 0 Å². The van der Waals surface area contributed by atoms with Crippen LogP contribution in [0, 0.1) is 5.92 Å². The van der Waals surface area contributed by atoms with Crippen LogP contribution in [0.15, 0.2) is 42.7 Å². The van der Waals surface area contributed by atoms with Gasteiger partial charge >= 0.3 is 6.03 Å². The van der Waals surface area contributed by atoms with Crippen molar-refractivity contribution in [2.24, 2.45) is 5.92 Å². The van der Waals surface area contributed by atoms with Crippen molar-refractivity contribution in [3.8, 4) is 0 Å². The van der Waals surface area contributed by atoms with Gasteiger partial charge in [-0.15, -0.1) is 0 Å². The molecule has 0 radical (unpaired) electrons. The van der Waals surface area contributed by atoms with Crippen LogP contribution in [0.4, 0.5) is 10.5 Å². The Balaban J connectivity index is 1.59. The molecule has 3 rings (SSSR count). The molecule has 2 amide bonds. The van der Waals surface area contributed by atoms with E-state index in [1.54, 1.807) is 11.1 Å². The van der Waals surface area contributed by atoms with E-state index >= 15 is 0 Å². The van der Waals surface area contributed by atoms with Crippen LogP contribution in [-0.4, -0.2) is 40.4 Å². The zero-order valence-electron chi connectivity index (χ0n) is 14.2. The van der Waals surface area contributed by atoms with Crippen LogP contribution in [0.1, 0.15) is 25.5 Å². The number of morpholine rings is 1. The molecular formula is C18H24N4O2. The Morgan fingerprint density at radius 2 is 2.17 bits per heavy atom. The third kappa shape index (κ3) is 4.14. The third-order valence-corrected chi connectivity index (χ3v) is 3.96. The predicted molar refractivity (Wildman–Crippen MR) is 92.8 cm³/mol. The van der Waals surface area contributed by atoms with Gasteiger partial charge in [-0.1, -0.05) is 44.2 Å². The summed E-state index contributed by atoms with van der Waals surface area (Å²) in [6, 6.07) is 9.90. The number of nitrogens with zero attached hydrogens (tertiary/aromatic N) is 3. The summed E-state index contributed by atoms with van der Waals surface area (Å²) in [5, 5.41) is 7.20. The van der Waals surface area contributed by atoms with Crippen molar-refractivity contribution in [2.45, 2.75) is 26.5 Å². The summed E-state index contributed by atoms with van der Waals surface area (Å²) >= 11 is 0.